The van der Waals surface area contributed by atoms with E-state index in [2.05, 4.69) is 10.4 Å². The zero-order chi connectivity index (χ0) is 20.2. The Kier molecular flexibility index (Phi) is 5.53. The molecule has 146 valence electrons. The molecule has 1 atom stereocenters. The molecule has 2 aromatic heterocycles. The third-order valence-electron chi connectivity index (χ3n) is 4.89. The van der Waals surface area contributed by atoms with Crippen molar-refractivity contribution in [2.24, 2.45) is 0 Å². The summed E-state index contributed by atoms with van der Waals surface area (Å²) in [6.07, 6.45) is 0.736. The number of benzene rings is 2. The van der Waals surface area contributed by atoms with Crippen LogP contribution in [0.3, 0.4) is 0 Å². The highest BCUT2D eigenvalue weighted by atomic mass is 32.1. The molecule has 0 aliphatic rings. The number of aromatic nitrogens is 2. The van der Waals surface area contributed by atoms with Crippen molar-refractivity contribution in [2.45, 2.75) is 19.4 Å². The summed E-state index contributed by atoms with van der Waals surface area (Å²) in [6, 6.07) is 20.6. The summed E-state index contributed by atoms with van der Waals surface area (Å²) in [7, 11) is 0. The molecule has 6 heteroatoms. The molecule has 5 nitrogen and oxygen atoms in total. The van der Waals surface area contributed by atoms with Crippen LogP contribution in [0.1, 0.15) is 18.5 Å². The predicted molar refractivity (Wildman–Crippen MR) is 117 cm³/mol. The first-order valence-corrected chi connectivity index (χ1v) is 10.4. The van der Waals surface area contributed by atoms with E-state index < -0.39 is 6.04 Å². The lowest BCUT2D eigenvalue weighted by Gasteiger charge is -2.16. The third-order valence-corrected chi connectivity index (χ3v) is 5.76. The number of hydrogen-bond acceptors (Lipinski definition) is 4. The molecular weight excluding hydrogens is 382 g/mol. The Balaban J connectivity index is 1.62. The molecule has 0 bridgehead atoms. The van der Waals surface area contributed by atoms with Gasteiger partial charge in [-0.15, -0.1) is 11.3 Å². The molecule has 29 heavy (non-hydrogen) atoms. The van der Waals surface area contributed by atoms with Crippen molar-refractivity contribution in [2.75, 3.05) is 6.54 Å². The highest BCUT2D eigenvalue weighted by Crippen LogP contribution is 2.28. The largest absolute Gasteiger partial charge is 0.354 e. The molecule has 0 aliphatic carbocycles. The van der Waals surface area contributed by atoms with Gasteiger partial charge in [-0.05, 0) is 36.4 Å². The molecule has 1 N–H and O–H groups in total. The number of amides is 1. The second-order valence-corrected chi connectivity index (χ2v) is 7.77. The van der Waals surface area contributed by atoms with Gasteiger partial charge < -0.3 is 5.32 Å². The normalized spacial score (nSPS) is 12.0. The van der Waals surface area contributed by atoms with Crippen molar-refractivity contribution in [3.63, 3.8) is 0 Å². The maximum atomic E-state index is 13.0. The quantitative estimate of drug-likeness (QED) is 0.528. The van der Waals surface area contributed by atoms with Crippen LogP contribution in [0.25, 0.3) is 21.3 Å². The van der Waals surface area contributed by atoms with Crippen LogP contribution in [0, 0.1) is 0 Å². The number of carbonyl (C=O) groups excluding carboxylic acids is 1. The molecule has 4 rings (SSSR count). The smallest absolute Gasteiger partial charge is 0.275 e. The van der Waals surface area contributed by atoms with Gasteiger partial charge in [-0.1, -0.05) is 54.6 Å². The van der Waals surface area contributed by atoms with Crippen molar-refractivity contribution < 1.29 is 4.79 Å². The van der Waals surface area contributed by atoms with E-state index in [1.807, 2.05) is 66.0 Å². The topological polar surface area (TPSA) is 64.0 Å². The Labute approximate surface area is 172 Å². The maximum absolute atomic E-state index is 13.0. The van der Waals surface area contributed by atoms with Gasteiger partial charge in [0.05, 0.1) is 10.3 Å². The summed E-state index contributed by atoms with van der Waals surface area (Å²) in [5.74, 6) is -0.219. The van der Waals surface area contributed by atoms with E-state index in [4.69, 9.17) is 0 Å². The van der Waals surface area contributed by atoms with E-state index in [1.54, 1.807) is 24.3 Å². The van der Waals surface area contributed by atoms with Gasteiger partial charge in [0.2, 0.25) is 5.91 Å². The van der Waals surface area contributed by atoms with Crippen LogP contribution in [-0.4, -0.2) is 22.2 Å². The fourth-order valence-corrected chi connectivity index (χ4v) is 4.02. The number of hydrogen-bond donors (Lipinski definition) is 1. The summed E-state index contributed by atoms with van der Waals surface area (Å²) < 4.78 is 1.30. The second-order valence-electron chi connectivity index (χ2n) is 6.82. The summed E-state index contributed by atoms with van der Waals surface area (Å²) in [6.45, 7) is 2.21. The van der Waals surface area contributed by atoms with Crippen molar-refractivity contribution in [3.05, 3.63) is 88.0 Å². The zero-order valence-corrected chi connectivity index (χ0v) is 16.9. The molecule has 2 aromatic carbocycles. The Morgan fingerprint density at radius 1 is 1.03 bits per heavy atom. The first-order chi connectivity index (χ1) is 14.1. The molecular formula is C23H21N3O2S. The van der Waals surface area contributed by atoms with Crippen molar-refractivity contribution in [1.82, 2.24) is 15.1 Å². The third kappa shape index (κ3) is 3.98. The number of nitrogens with one attached hydrogen (secondary N) is 1. The molecule has 0 fully saturated rings. The summed E-state index contributed by atoms with van der Waals surface area (Å²) in [4.78, 5) is 26.7. The fourth-order valence-electron chi connectivity index (χ4n) is 3.30. The minimum atomic E-state index is -0.707. The molecule has 0 saturated heterocycles. The van der Waals surface area contributed by atoms with E-state index in [-0.39, 0.29) is 11.5 Å². The predicted octanol–water partition coefficient (Wildman–Crippen LogP) is 4.04. The molecule has 0 aliphatic heterocycles. The molecule has 0 spiro atoms. The van der Waals surface area contributed by atoms with Crippen molar-refractivity contribution in [3.8, 4) is 10.6 Å². The van der Waals surface area contributed by atoms with Gasteiger partial charge in [0.1, 0.15) is 11.7 Å². The lowest BCUT2D eigenvalue weighted by molar-refractivity contribution is -0.124. The van der Waals surface area contributed by atoms with Crippen LogP contribution >= 0.6 is 11.3 Å². The van der Waals surface area contributed by atoms with Crippen LogP contribution in [0.15, 0.2) is 76.9 Å². The van der Waals surface area contributed by atoms with E-state index in [0.717, 1.165) is 27.9 Å². The number of rotatable bonds is 6. The average molecular weight is 404 g/mol. The SMILES string of the molecule is C[C@@H](C(=O)NCCc1ccccc1)n1nc(-c2cccs2)c2ccccc2c1=O. The van der Waals surface area contributed by atoms with Crippen molar-refractivity contribution in [1.29, 1.82) is 0 Å². The highest BCUT2D eigenvalue weighted by molar-refractivity contribution is 7.13. The van der Waals surface area contributed by atoms with Gasteiger partial charge in [-0.3, -0.25) is 9.59 Å². The van der Waals surface area contributed by atoms with Gasteiger partial charge in [0.25, 0.3) is 5.56 Å². The van der Waals surface area contributed by atoms with E-state index >= 15 is 0 Å². The lowest BCUT2D eigenvalue weighted by Crippen LogP contribution is -2.38. The minimum absolute atomic E-state index is 0.219. The Bertz CT molecular complexity index is 1180. The van der Waals surface area contributed by atoms with Crippen LogP contribution in [0.4, 0.5) is 0 Å². The van der Waals surface area contributed by atoms with Gasteiger partial charge in [-0.2, -0.15) is 5.10 Å². The van der Waals surface area contributed by atoms with Gasteiger partial charge >= 0.3 is 0 Å². The van der Waals surface area contributed by atoms with Gasteiger partial charge in [-0.25, -0.2) is 4.68 Å². The summed E-state index contributed by atoms with van der Waals surface area (Å²) >= 11 is 1.56. The Morgan fingerprint density at radius 2 is 1.76 bits per heavy atom. The fraction of sp³-hybridized carbons (Fsp3) is 0.174. The maximum Gasteiger partial charge on any atom is 0.275 e. The highest BCUT2D eigenvalue weighted by Gasteiger charge is 2.21. The van der Waals surface area contributed by atoms with E-state index in [0.29, 0.717) is 11.9 Å². The van der Waals surface area contributed by atoms with Crippen molar-refractivity contribution >= 4 is 28.0 Å². The summed E-state index contributed by atoms with van der Waals surface area (Å²) in [5, 5.41) is 10.8. The minimum Gasteiger partial charge on any atom is -0.354 e. The van der Waals surface area contributed by atoms with E-state index in [1.165, 1.54) is 4.68 Å². The second kappa shape index (κ2) is 8.41. The first kappa shape index (κ1) is 19.1. The van der Waals surface area contributed by atoms with Crippen LogP contribution < -0.4 is 10.9 Å². The monoisotopic (exact) mass is 403 g/mol. The standard InChI is InChI=1S/C23H21N3O2S/c1-16(22(27)24-14-13-17-8-3-2-4-9-17)26-23(28)19-11-6-5-10-18(19)21(25-26)20-12-7-15-29-20/h2-12,15-16H,13-14H2,1H3,(H,24,27)/t16-/m0/s1. The number of fused-ring (bicyclic) bond motifs is 1. The lowest BCUT2D eigenvalue weighted by atomic mass is 10.1. The molecule has 2 heterocycles. The molecule has 0 saturated carbocycles. The first-order valence-electron chi connectivity index (χ1n) is 9.52. The summed E-state index contributed by atoms with van der Waals surface area (Å²) in [5.41, 5.74) is 1.62. The Hall–Kier alpha value is -3.25. The van der Waals surface area contributed by atoms with Gasteiger partial charge in [0, 0.05) is 11.9 Å². The number of thiophene rings is 1. The average Bonchev–Trinajstić information content (AvgIpc) is 3.29. The molecule has 0 radical (unpaired) electrons. The van der Waals surface area contributed by atoms with E-state index in [9.17, 15) is 9.59 Å². The van der Waals surface area contributed by atoms with Crippen LogP contribution in [0.2, 0.25) is 0 Å². The number of carbonyl (C=O) groups is 1. The Morgan fingerprint density at radius 3 is 2.48 bits per heavy atom. The molecule has 0 unspecified atom stereocenters. The van der Waals surface area contributed by atoms with Crippen LogP contribution in [0.5, 0.6) is 0 Å². The zero-order valence-electron chi connectivity index (χ0n) is 16.0. The van der Waals surface area contributed by atoms with Gasteiger partial charge in [0.15, 0.2) is 0 Å². The number of nitrogens with zero attached hydrogens (tertiary/aromatic N) is 2. The molecule has 4 aromatic rings. The molecule has 1 amide bonds. The van der Waals surface area contributed by atoms with Crippen LogP contribution in [-0.2, 0) is 11.2 Å².